The normalized spacial score (nSPS) is 13.4. The van der Waals surface area contributed by atoms with Crippen molar-refractivity contribution < 1.29 is 9.53 Å². The molecule has 1 atom stereocenters. The fraction of sp³-hybridized carbons (Fsp3) is 0.692. The molecule has 0 fully saturated rings. The maximum absolute atomic E-state index is 11.5. The minimum atomic E-state index is -0.397. The summed E-state index contributed by atoms with van der Waals surface area (Å²) in [6.45, 7) is 8.77. The molecule has 0 aliphatic heterocycles. The molecule has 0 saturated carbocycles. The summed E-state index contributed by atoms with van der Waals surface area (Å²) in [7, 11) is 1.53. The topological polar surface area (TPSA) is 51.2 Å². The number of carbonyl (C=O) groups excluding carboxylic acids is 1. The first-order valence-electron chi connectivity index (χ1n) is 6.10. The van der Waals surface area contributed by atoms with Crippen molar-refractivity contribution in [2.24, 2.45) is 0 Å². The number of carbonyl (C=O) groups is 1. The van der Waals surface area contributed by atoms with E-state index in [1.165, 1.54) is 7.11 Å². The molecule has 0 aromatic carbocycles. The summed E-state index contributed by atoms with van der Waals surface area (Å²) < 4.78 is 4.94. The van der Waals surface area contributed by atoms with E-state index in [-0.39, 0.29) is 11.3 Å². The first-order chi connectivity index (χ1) is 8.34. The Morgan fingerprint density at radius 1 is 1.56 bits per heavy atom. The Bertz CT molecular complexity index is 396. The standard InChI is InChI=1S/C13H22N2O2S/c1-9(17-5)12(16)14-7-6-11-15-10(8-18-11)13(2,3)4/h8-9H,6-7H2,1-5H3,(H,14,16)/t9-/m1/s1. The molecular weight excluding hydrogens is 248 g/mol. The minimum absolute atomic E-state index is 0.0786. The summed E-state index contributed by atoms with van der Waals surface area (Å²) in [5, 5.41) is 5.99. The van der Waals surface area contributed by atoms with Crippen molar-refractivity contribution in [1.29, 1.82) is 0 Å². The van der Waals surface area contributed by atoms with Crippen molar-refractivity contribution in [3.63, 3.8) is 0 Å². The third-order valence-corrected chi connectivity index (χ3v) is 3.59. The second-order valence-corrected chi connectivity index (χ2v) is 6.24. The molecule has 0 saturated heterocycles. The van der Waals surface area contributed by atoms with Gasteiger partial charge in [0.05, 0.1) is 10.7 Å². The summed E-state index contributed by atoms with van der Waals surface area (Å²) in [6.07, 6.45) is 0.370. The molecule has 0 unspecified atom stereocenters. The zero-order valence-electron chi connectivity index (χ0n) is 11.7. The summed E-state index contributed by atoms with van der Waals surface area (Å²) in [6, 6.07) is 0. The maximum Gasteiger partial charge on any atom is 0.248 e. The van der Waals surface area contributed by atoms with E-state index in [9.17, 15) is 4.79 Å². The first-order valence-corrected chi connectivity index (χ1v) is 6.98. The van der Waals surface area contributed by atoms with Crippen molar-refractivity contribution in [2.75, 3.05) is 13.7 Å². The number of hydrogen-bond donors (Lipinski definition) is 1. The molecule has 0 spiro atoms. The molecule has 0 aliphatic rings. The minimum Gasteiger partial charge on any atom is -0.372 e. The van der Waals surface area contributed by atoms with Gasteiger partial charge in [-0.3, -0.25) is 4.79 Å². The molecule has 18 heavy (non-hydrogen) atoms. The third-order valence-electron chi connectivity index (χ3n) is 2.68. The van der Waals surface area contributed by atoms with Crippen LogP contribution in [0.2, 0.25) is 0 Å². The average Bonchev–Trinajstić information content (AvgIpc) is 2.76. The van der Waals surface area contributed by atoms with Crippen LogP contribution < -0.4 is 5.32 Å². The Hall–Kier alpha value is -0.940. The second-order valence-electron chi connectivity index (χ2n) is 5.30. The third kappa shape index (κ3) is 4.38. The van der Waals surface area contributed by atoms with E-state index < -0.39 is 6.10 Å². The van der Waals surface area contributed by atoms with Crippen molar-refractivity contribution in [3.05, 3.63) is 16.1 Å². The highest BCUT2D eigenvalue weighted by atomic mass is 32.1. The molecule has 102 valence electrons. The van der Waals surface area contributed by atoms with Crippen LogP contribution in [0.25, 0.3) is 0 Å². The molecule has 1 aromatic heterocycles. The molecular formula is C13H22N2O2S. The molecule has 0 radical (unpaired) electrons. The van der Waals surface area contributed by atoms with Crippen molar-refractivity contribution >= 4 is 17.2 Å². The van der Waals surface area contributed by atoms with Gasteiger partial charge in [0.2, 0.25) is 5.91 Å². The van der Waals surface area contributed by atoms with Crippen LogP contribution in [-0.2, 0) is 21.4 Å². The van der Waals surface area contributed by atoms with Gasteiger partial charge < -0.3 is 10.1 Å². The van der Waals surface area contributed by atoms with Crippen molar-refractivity contribution in [3.8, 4) is 0 Å². The lowest BCUT2D eigenvalue weighted by Crippen LogP contribution is -2.35. The van der Waals surface area contributed by atoms with Gasteiger partial charge in [-0.15, -0.1) is 11.3 Å². The molecule has 4 nitrogen and oxygen atoms in total. The SMILES string of the molecule is CO[C@H](C)C(=O)NCCc1nc(C(C)(C)C)cs1. The van der Waals surface area contributed by atoms with Gasteiger partial charge in [-0.2, -0.15) is 0 Å². The van der Waals surface area contributed by atoms with Crippen LogP contribution in [0.3, 0.4) is 0 Å². The highest BCUT2D eigenvalue weighted by Gasteiger charge is 2.17. The van der Waals surface area contributed by atoms with Gasteiger partial charge in [0.1, 0.15) is 6.10 Å². The number of hydrogen-bond acceptors (Lipinski definition) is 4. The van der Waals surface area contributed by atoms with Gasteiger partial charge in [-0.05, 0) is 6.92 Å². The molecule has 1 rings (SSSR count). The van der Waals surface area contributed by atoms with Crippen LogP contribution in [0.1, 0.15) is 38.4 Å². The zero-order valence-corrected chi connectivity index (χ0v) is 12.6. The van der Waals surface area contributed by atoms with Gasteiger partial charge >= 0.3 is 0 Å². The van der Waals surface area contributed by atoms with Crippen LogP contribution in [-0.4, -0.2) is 30.6 Å². The monoisotopic (exact) mass is 270 g/mol. The van der Waals surface area contributed by atoms with Gasteiger partial charge in [0.15, 0.2) is 0 Å². The zero-order chi connectivity index (χ0) is 13.8. The van der Waals surface area contributed by atoms with Crippen LogP contribution in [0.4, 0.5) is 0 Å². The largest absolute Gasteiger partial charge is 0.372 e. The average molecular weight is 270 g/mol. The number of nitrogens with zero attached hydrogens (tertiary/aromatic N) is 1. The van der Waals surface area contributed by atoms with E-state index in [4.69, 9.17) is 4.74 Å². The van der Waals surface area contributed by atoms with Crippen LogP contribution in [0.5, 0.6) is 0 Å². The van der Waals surface area contributed by atoms with Crippen LogP contribution in [0, 0.1) is 0 Å². The molecule has 0 aliphatic carbocycles. The number of rotatable bonds is 5. The fourth-order valence-corrected chi connectivity index (χ4v) is 2.34. The van der Waals surface area contributed by atoms with Crippen LogP contribution >= 0.6 is 11.3 Å². The van der Waals surface area contributed by atoms with E-state index in [2.05, 4.69) is 36.5 Å². The second kappa shape index (κ2) is 6.29. The van der Waals surface area contributed by atoms with Gasteiger partial charge in [0.25, 0.3) is 0 Å². The maximum atomic E-state index is 11.5. The van der Waals surface area contributed by atoms with Crippen molar-refractivity contribution in [1.82, 2.24) is 10.3 Å². The van der Waals surface area contributed by atoms with Crippen LogP contribution in [0.15, 0.2) is 5.38 Å². The highest BCUT2D eigenvalue weighted by molar-refractivity contribution is 7.09. The van der Waals surface area contributed by atoms with Gasteiger partial charge in [-0.1, -0.05) is 20.8 Å². The van der Waals surface area contributed by atoms with E-state index in [0.717, 1.165) is 17.1 Å². The van der Waals surface area contributed by atoms with Crippen molar-refractivity contribution in [2.45, 2.75) is 45.6 Å². The Kier molecular flexibility index (Phi) is 5.28. The Balaban J connectivity index is 2.41. The first kappa shape index (κ1) is 15.1. The number of thiazole rings is 1. The summed E-state index contributed by atoms with van der Waals surface area (Å²) in [5.74, 6) is -0.0786. The number of nitrogens with one attached hydrogen (secondary N) is 1. The molecule has 1 amide bonds. The lowest BCUT2D eigenvalue weighted by atomic mass is 9.93. The molecule has 1 heterocycles. The Morgan fingerprint density at radius 3 is 2.72 bits per heavy atom. The lowest BCUT2D eigenvalue weighted by molar-refractivity contribution is -0.129. The predicted octanol–water partition coefficient (Wildman–Crippen LogP) is 2.13. The highest BCUT2D eigenvalue weighted by Crippen LogP contribution is 2.23. The predicted molar refractivity (Wildman–Crippen MR) is 74.0 cm³/mol. The Morgan fingerprint density at radius 2 is 2.22 bits per heavy atom. The van der Waals surface area contributed by atoms with E-state index in [0.29, 0.717) is 6.54 Å². The Labute approximate surface area is 113 Å². The van der Waals surface area contributed by atoms with E-state index in [1.807, 2.05) is 0 Å². The molecule has 1 N–H and O–H groups in total. The molecule has 5 heteroatoms. The van der Waals surface area contributed by atoms with E-state index in [1.54, 1.807) is 18.3 Å². The summed E-state index contributed by atoms with van der Waals surface area (Å²) >= 11 is 1.65. The number of aromatic nitrogens is 1. The fourth-order valence-electron chi connectivity index (χ4n) is 1.31. The number of methoxy groups -OCH3 is 1. The summed E-state index contributed by atoms with van der Waals surface area (Å²) in [4.78, 5) is 16.1. The molecule has 0 bridgehead atoms. The number of amides is 1. The number of ether oxygens (including phenoxy) is 1. The summed E-state index contributed by atoms with van der Waals surface area (Å²) in [5.41, 5.74) is 1.20. The molecule has 1 aromatic rings. The van der Waals surface area contributed by atoms with Gasteiger partial charge in [-0.25, -0.2) is 4.98 Å². The van der Waals surface area contributed by atoms with E-state index >= 15 is 0 Å². The smallest absolute Gasteiger partial charge is 0.248 e. The quantitative estimate of drug-likeness (QED) is 0.892. The lowest BCUT2D eigenvalue weighted by Gasteiger charge is -2.14. The van der Waals surface area contributed by atoms with Gasteiger partial charge in [0, 0.05) is 30.9 Å².